The summed E-state index contributed by atoms with van der Waals surface area (Å²) in [6.07, 6.45) is 4.12. The standard InChI is InChI=1S/C9H16Br2/c1-9(2)7(6-10)4-3-5-8(9)11/h7-8H,3-6H2,1-2H3. The molecule has 0 N–H and O–H groups in total. The van der Waals surface area contributed by atoms with Crippen LogP contribution in [0.2, 0.25) is 0 Å². The van der Waals surface area contributed by atoms with Crippen LogP contribution < -0.4 is 0 Å². The second-order valence-electron chi connectivity index (χ2n) is 4.07. The van der Waals surface area contributed by atoms with E-state index in [1.165, 1.54) is 19.3 Å². The summed E-state index contributed by atoms with van der Waals surface area (Å²) >= 11 is 7.36. The Hall–Kier alpha value is 0.960. The van der Waals surface area contributed by atoms with Gasteiger partial charge in [-0.15, -0.1) is 0 Å². The molecule has 0 amide bonds. The number of rotatable bonds is 1. The van der Waals surface area contributed by atoms with Crippen LogP contribution in [0.4, 0.5) is 0 Å². The van der Waals surface area contributed by atoms with Gasteiger partial charge in [-0.1, -0.05) is 52.1 Å². The number of hydrogen-bond donors (Lipinski definition) is 0. The molecule has 1 saturated carbocycles. The highest BCUT2D eigenvalue weighted by Gasteiger charge is 2.37. The number of alkyl halides is 2. The van der Waals surface area contributed by atoms with Gasteiger partial charge in [0.15, 0.2) is 0 Å². The van der Waals surface area contributed by atoms with E-state index in [2.05, 4.69) is 45.7 Å². The van der Waals surface area contributed by atoms with Crippen molar-refractivity contribution in [2.45, 2.75) is 37.9 Å². The smallest absolute Gasteiger partial charge is 0.0199 e. The summed E-state index contributed by atoms with van der Waals surface area (Å²) in [4.78, 5) is 0.714. The van der Waals surface area contributed by atoms with Crippen LogP contribution in [0.3, 0.4) is 0 Å². The number of hydrogen-bond acceptors (Lipinski definition) is 0. The maximum atomic E-state index is 3.77. The van der Waals surface area contributed by atoms with Crippen LogP contribution in [0, 0.1) is 11.3 Å². The van der Waals surface area contributed by atoms with Crippen LogP contribution in [0.15, 0.2) is 0 Å². The van der Waals surface area contributed by atoms with Gasteiger partial charge in [0.25, 0.3) is 0 Å². The maximum Gasteiger partial charge on any atom is 0.0199 e. The molecule has 2 atom stereocenters. The molecule has 1 aliphatic rings. The molecule has 2 heteroatoms. The van der Waals surface area contributed by atoms with E-state index < -0.39 is 0 Å². The molecule has 66 valence electrons. The van der Waals surface area contributed by atoms with Gasteiger partial charge in [-0.3, -0.25) is 0 Å². The summed E-state index contributed by atoms with van der Waals surface area (Å²) in [5, 5.41) is 1.15. The maximum absolute atomic E-state index is 3.77. The van der Waals surface area contributed by atoms with E-state index in [4.69, 9.17) is 0 Å². The lowest BCUT2D eigenvalue weighted by atomic mass is 9.70. The lowest BCUT2D eigenvalue weighted by Crippen LogP contribution is -2.37. The quantitative estimate of drug-likeness (QED) is 0.639. The van der Waals surface area contributed by atoms with Gasteiger partial charge >= 0.3 is 0 Å². The lowest BCUT2D eigenvalue weighted by Gasteiger charge is -2.42. The van der Waals surface area contributed by atoms with Crippen LogP contribution in [0.1, 0.15) is 33.1 Å². The molecular formula is C9H16Br2. The minimum Gasteiger partial charge on any atom is -0.0925 e. The first-order valence-corrected chi connectivity index (χ1v) is 6.32. The Kier molecular flexibility index (Phi) is 3.45. The minimum absolute atomic E-state index is 0.474. The highest BCUT2D eigenvalue weighted by molar-refractivity contribution is 9.09. The van der Waals surface area contributed by atoms with Crippen LogP contribution in [0.5, 0.6) is 0 Å². The molecule has 0 aromatic carbocycles. The van der Waals surface area contributed by atoms with Crippen molar-refractivity contribution >= 4 is 31.9 Å². The predicted molar refractivity (Wildman–Crippen MR) is 57.6 cm³/mol. The molecule has 0 saturated heterocycles. The van der Waals surface area contributed by atoms with Crippen molar-refractivity contribution in [2.24, 2.45) is 11.3 Å². The summed E-state index contributed by atoms with van der Waals surface area (Å²) in [5.41, 5.74) is 0.474. The zero-order chi connectivity index (χ0) is 8.48. The van der Waals surface area contributed by atoms with Crippen LogP contribution in [-0.2, 0) is 0 Å². The Bertz CT molecular complexity index is 132. The van der Waals surface area contributed by atoms with Crippen molar-refractivity contribution in [3.05, 3.63) is 0 Å². The van der Waals surface area contributed by atoms with E-state index in [0.29, 0.717) is 10.2 Å². The first-order chi connectivity index (χ1) is 5.09. The normalized spacial score (nSPS) is 37.1. The third-order valence-electron chi connectivity index (χ3n) is 3.06. The van der Waals surface area contributed by atoms with Gasteiger partial charge in [0.2, 0.25) is 0 Å². The van der Waals surface area contributed by atoms with Crippen LogP contribution >= 0.6 is 31.9 Å². The third-order valence-corrected chi connectivity index (χ3v) is 5.48. The molecular weight excluding hydrogens is 268 g/mol. The average molecular weight is 284 g/mol. The van der Waals surface area contributed by atoms with Gasteiger partial charge in [0.05, 0.1) is 0 Å². The van der Waals surface area contributed by atoms with Crippen molar-refractivity contribution in [1.82, 2.24) is 0 Å². The summed E-state index contributed by atoms with van der Waals surface area (Å²) in [6.45, 7) is 4.75. The Labute approximate surface area is 86.4 Å². The minimum atomic E-state index is 0.474. The van der Waals surface area contributed by atoms with Gasteiger partial charge in [0.1, 0.15) is 0 Å². The Balaban J connectivity index is 2.64. The van der Waals surface area contributed by atoms with Crippen molar-refractivity contribution in [1.29, 1.82) is 0 Å². The highest BCUT2D eigenvalue weighted by Crippen LogP contribution is 2.45. The molecule has 0 bridgehead atoms. The Morgan fingerprint density at radius 2 is 2.00 bits per heavy atom. The van der Waals surface area contributed by atoms with Crippen molar-refractivity contribution in [2.75, 3.05) is 5.33 Å². The monoisotopic (exact) mass is 282 g/mol. The van der Waals surface area contributed by atoms with Crippen LogP contribution in [-0.4, -0.2) is 10.2 Å². The molecule has 0 aliphatic heterocycles. The van der Waals surface area contributed by atoms with Crippen molar-refractivity contribution < 1.29 is 0 Å². The molecule has 0 radical (unpaired) electrons. The molecule has 0 aromatic heterocycles. The van der Waals surface area contributed by atoms with E-state index in [1.807, 2.05) is 0 Å². The summed E-state index contributed by atoms with van der Waals surface area (Å²) in [7, 11) is 0. The van der Waals surface area contributed by atoms with Gasteiger partial charge in [-0.25, -0.2) is 0 Å². The predicted octanol–water partition coefficient (Wildman–Crippen LogP) is 3.97. The molecule has 11 heavy (non-hydrogen) atoms. The second kappa shape index (κ2) is 3.78. The zero-order valence-corrected chi connectivity index (χ0v) is 10.4. The van der Waals surface area contributed by atoms with E-state index >= 15 is 0 Å². The zero-order valence-electron chi connectivity index (χ0n) is 7.24. The highest BCUT2D eigenvalue weighted by atomic mass is 79.9. The van der Waals surface area contributed by atoms with E-state index in [9.17, 15) is 0 Å². The average Bonchev–Trinajstić information content (AvgIpc) is 1.95. The Morgan fingerprint density at radius 1 is 1.36 bits per heavy atom. The number of halogens is 2. The fraction of sp³-hybridized carbons (Fsp3) is 1.00. The summed E-state index contributed by atoms with van der Waals surface area (Å²) in [5.74, 6) is 0.848. The lowest BCUT2D eigenvalue weighted by molar-refractivity contribution is 0.172. The van der Waals surface area contributed by atoms with Crippen molar-refractivity contribution in [3.8, 4) is 0 Å². The first kappa shape index (κ1) is 10.0. The molecule has 0 nitrogen and oxygen atoms in total. The molecule has 0 heterocycles. The molecule has 1 fully saturated rings. The van der Waals surface area contributed by atoms with Gasteiger partial charge in [-0.2, -0.15) is 0 Å². The van der Waals surface area contributed by atoms with Gasteiger partial charge in [0, 0.05) is 10.2 Å². The molecule has 0 aromatic rings. The SMILES string of the molecule is CC1(C)C(Br)CCCC1CBr. The van der Waals surface area contributed by atoms with Gasteiger partial charge in [-0.05, 0) is 24.2 Å². The van der Waals surface area contributed by atoms with Gasteiger partial charge < -0.3 is 0 Å². The first-order valence-electron chi connectivity index (χ1n) is 4.29. The Morgan fingerprint density at radius 3 is 2.45 bits per heavy atom. The largest absolute Gasteiger partial charge is 0.0925 e. The molecule has 2 unspecified atom stereocenters. The summed E-state index contributed by atoms with van der Waals surface area (Å²) in [6, 6.07) is 0. The van der Waals surface area contributed by atoms with E-state index in [0.717, 1.165) is 11.2 Å². The summed E-state index contributed by atoms with van der Waals surface area (Å²) < 4.78 is 0. The molecule has 1 aliphatic carbocycles. The van der Waals surface area contributed by atoms with E-state index in [-0.39, 0.29) is 0 Å². The van der Waals surface area contributed by atoms with Crippen LogP contribution in [0.25, 0.3) is 0 Å². The second-order valence-corrected chi connectivity index (χ2v) is 5.82. The molecule has 1 rings (SSSR count). The fourth-order valence-electron chi connectivity index (χ4n) is 1.82. The van der Waals surface area contributed by atoms with E-state index in [1.54, 1.807) is 0 Å². The topological polar surface area (TPSA) is 0 Å². The fourth-order valence-corrected chi connectivity index (χ4v) is 3.67. The molecule has 0 spiro atoms. The third kappa shape index (κ3) is 2.00. The van der Waals surface area contributed by atoms with Crippen molar-refractivity contribution in [3.63, 3.8) is 0 Å².